The van der Waals surface area contributed by atoms with Crippen molar-refractivity contribution in [2.24, 2.45) is 17.8 Å². The molecule has 1 N–H and O–H groups in total. The molecule has 0 saturated carbocycles. The summed E-state index contributed by atoms with van der Waals surface area (Å²) >= 11 is 0. The number of aliphatic hydroxyl groups excluding tert-OH is 1. The monoisotopic (exact) mass is 292 g/mol. The van der Waals surface area contributed by atoms with E-state index in [4.69, 9.17) is 9.22 Å². The van der Waals surface area contributed by atoms with E-state index in [1.165, 1.54) is 0 Å². The van der Waals surface area contributed by atoms with Crippen LogP contribution in [0.2, 0.25) is 39.3 Å². The fraction of sp³-hybridized carbons (Fsp3) is 1.00. The van der Waals surface area contributed by atoms with Gasteiger partial charge in [0.15, 0.2) is 16.6 Å². The lowest BCUT2D eigenvalue weighted by Gasteiger charge is -2.27. The minimum absolute atomic E-state index is 0.319. The molecule has 0 aliphatic heterocycles. The van der Waals surface area contributed by atoms with Gasteiger partial charge in [-0.15, -0.1) is 0 Å². The second kappa shape index (κ2) is 8.51. The molecule has 0 radical (unpaired) electrons. The molecule has 0 heterocycles. The van der Waals surface area contributed by atoms with Gasteiger partial charge in [0, 0.05) is 6.61 Å². The average molecular weight is 293 g/mol. The predicted molar refractivity (Wildman–Crippen MR) is 88.0 cm³/mol. The summed E-state index contributed by atoms with van der Waals surface area (Å²) in [5.41, 5.74) is 0. The summed E-state index contributed by atoms with van der Waals surface area (Å²) in [4.78, 5) is 0. The first kappa shape index (κ1) is 20.7. The van der Waals surface area contributed by atoms with E-state index in [9.17, 15) is 0 Å². The zero-order valence-corrected chi connectivity index (χ0v) is 16.3. The van der Waals surface area contributed by atoms with Crippen LogP contribution in [-0.4, -0.2) is 28.3 Å². The van der Waals surface area contributed by atoms with Gasteiger partial charge >= 0.3 is 0 Å². The fourth-order valence-corrected chi connectivity index (χ4v) is 9.09. The molecule has 0 aromatic heterocycles. The van der Waals surface area contributed by atoms with Gasteiger partial charge in [0.2, 0.25) is 0 Å². The summed E-state index contributed by atoms with van der Waals surface area (Å²) in [6, 6.07) is 0. The number of aliphatic hydroxyl groups is 1. The zero-order chi connectivity index (χ0) is 15.1. The van der Waals surface area contributed by atoms with Gasteiger partial charge in [-0.3, -0.25) is 0 Å². The molecule has 2 atom stereocenters. The Morgan fingerprint density at radius 1 is 0.833 bits per heavy atom. The highest BCUT2D eigenvalue weighted by Crippen LogP contribution is 2.18. The number of rotatable bonds is 5. The van der Waals surface area contributed by atoms with Gasteiger partial charge in [0.1, 0.15) is 0 Å². The van der Waals surface area contributed by atoms with Gasteiger partial charge in [0.05, 0.1) is 0 Å². The molecule has 112 valence electrons. The van der Waals surface area contributed by atoms with Crippen molar-refractivity contribution in [1.82, 2.24) is 0 Å². The molecule has 2 nitrogen and oxygen atoms in total. The summed E-state index contributed by atoms with van der Waals surface area (Å²) in [5, 5.41) is 8.75. The Kier molecular flexibility index (Phi) is 9.77. The maximum atomic E-state index is 8.75. The molecule has 0 amide bonds. The molecule has 0 aromatic carbocycles. The third-order valence-electron chi connectivity index (χ3n) is 2.85. The normalized spacial score (nSPS) is 16.0. The topological polar surface area (TPSA) is 29.5 Å². The maximum Gasteiger partial charge on any atom is 0.170 e. The lowest BCUT2D eigenvalue weighted by molar-refractivity contribution is 0.170. The van der Waals surface area contributed by atoms with Crippen molar-refractivity contribution < 1.29 is 9.22 Å². The van der Waals surface area contributed by atoms with Crippen LogP contribution in [0.3, 0.4) is 0 Å². The Hall–Kier alpha value is 0.354. The molecule has 18 heavy (non-hydrogen) atoms. The van der Waals surface area contributed by atoms with Gasteiger partial charge in [0.25, 0.3) is 0 Å². The van der Waals surface area contributed by atoms with Gasteiger partial charge in [-0.25, -0.2) is 0 Å². The van der Waals surface area contributed by atoms with E-state index in [0.29, 0.717) is 24.4 Å². The van der Waals surface area contributed by atoms with Crippen LogP contribution in [0.1, 0.15) is 27.7 Å². The van der Waals surface area contributed by atoms with E-state index in [1.54, 1.807) is 0 Å². The third-order valence-corrected chi connectivity index (χ3v) is 7.75. The molecule has 0 fully saturated rings. The highest BCUT2D eigenvalue weighted by Gasteiger charge is 2.24. The Bertz CT molecular complexity index is 193. The summed E-state index contributed by atoms with van der Waals surface area (Å²) in [7, 11) is -2.46. The first-order chi connectivity index (χ1) is 7.80. The van der Waals surface area contributed by atoms with E-state index in [2.05, 4.69) is 67.0 Å². The molecule has 0 aromatic rings. The van der Waals surface area contributed by atoms with Crippen molar-refractivity contribution in [3.8, 4) is 0 Å². The second-order valence-corrected chi connectivity index (χ2v) is 16.9. The lowest BCUT2D eigenvalue weighted by Crippen LogP contribution is -2.39. The Labute approximate surface area is 117 Å². The molecule has 0 spiro atoms. The van der Waals surface area contributed by atoms with Gasteiger partial charge in [-0.2, -0.15) is 0 Å². The highest BCUT2D eigenvalue weighted by atomic mass is 28.4. The quantitative estimate of drug-likeness (QED) is 0.752. The van der Waals surface area contributed by atoms with Crippen LogP contribution in [0.25, 0.3) is 0 Å². The second-order valence-electron chi connectivity index (χ2n) is 7.59. The molecule has 0 saturated heterocycles. The van der Waals surface area contributed by atoms with Crippen molar-refractivity contribution >= 4 is 16.6 Å². The van der Waals surface area contributed by atoms with E-state index in [0.717, 1.165) is 0 Å². The standard InChI is InChI=1S/C8H18O.C6H18OSi2/c1-6(2)8(4)7(3)5-9;1-8(2,3)7-9(4,5)6/h6-9H,5H2,1-4H3;1-6H3. The first-order valence-electron chi connectivity index (χ1n) is 7.11. The predicted octanol–water partition coefficient (Wildman–Crippen LogP) is 4.58. The minimum Gasteiger partial charge on any atom is -0.456 e. The average Bonchev–Trinajstić information content (AvgIpc) is 2.10. The molecule has 0 aliphatic carbocycles. The summed E-state index contributed by atoms with van der Waals surface area (Å²) in [5.74, 6) is 1.77. The first-order valence-corrected chi connectivity index (χ1v) is 13.9. The van der Waals surface area contributed by atoms with Crippen LogP contribution in [0, 0.1) is 17.8 Å². The Morgan fingerprint density at radius 3 is 1.22 bits per heavy atom. The van der Waals surface area contributed by atoms with Crippen molar-refractivity contribution in [3.05, 3.63) is 0 Å². The molecule has 0 bridgehead atoms. The smallest absolute Gasteiger partial charge is 0.170 e. The lowest BCUT2D eigenvalue weighted by atomic mass is 9.87. The van der Waals surface area contributed by atoms with Crippen molar-refractivity contribution in [2.75, 3.05) is 6.61 Å². The summed E-state index contributed by atoms with van der Waals surface area (Å²) in [6.45, 7) is 22.4. The Balaban J connectivity index is 0. The summed E-state index contributed by atoms with van der Waals surface area (Å²) < 4.78 is 5.90. The van der Waals surface area contributed by atoms with E-state index in [1.807, 2.05) is 0 Å². The van der Waals surface area contributed by atoms with Gasteiger partial charge in [-0.1, -0.05) is 27.7 Å². The van der Waals surface area contributed by atoms with E-state index in [-0.39, 0.29) is 0 Å². The zero-order valence-electron chi connectivity index (χ0n) is 14.3. The number of hydrogen-bond acceptors (Lipinski definition) is 2. The van der Waals surface area contributed by atoms with Crippen LogP contribution in [0.4, 0.5) is 0 Å². The molecule has 2 unspecified atom stereocenters. The Morgan fingerprint density at radius 2 is 1.17 bits per heavy atom. The SMILES string of the molecule is CC(C)C(C)C(C)CO.C[Si](C)(C)O[Si](C)(C)C. The highest BCUT2D eigenvalue weighted by molar-refractivity contribution is 6.83. The van der Waals surface area contributed by atoms with Crippen molar-refractivity contribution in [1.29, 1.82) is 0 Å². The van der Waals surface area contributed by atoms with Gasteiger partial charge in [-0.05, 0) is 57.0 Å². The molecular weight excluding hydrogens is 256 g/mol. The summed E-state index contributed by atoms with van der Waals surface area (Å²) in [6.07, 6.45) is 0. The van der Waals surface area contributed by atoms with Crippen LogP contribution >= 0.6 is 0 Å². The van der Waals surface area contributed by atoms with E-state index < -0.39 is 16.6 Å². The van der Waals surface area contributed by atoms with Crippen molar-refractivity contribution in [2.45, 2.75) is 67.0 Å². The van der Waals surface area contributed by atoms with Crippen LogP contribution in [0.15, 0.2) is 0 Å². The largest absolute Gasteiger partial charge is 0.456 e. The minimum atomic E-state index is -1.23. The number of hydrogen-bond donors (Lipinski definition) is 1. The maximum absolute atomic E-state index is 8.75. The molecule has 0 rings (SSSR count). The molecule has 4 heteroatoms. The molecule has 0 aliphatic rings. The third kappa shape index (κ3) is 14.4. The van der Waals surface area contributed by atoms with Crippen molar-refractivity contribution in [3.63, 3.8) is 0 Å². The molecular formula is C14H36O2Si2. The van der Waals surface area contributed by atoms with Crippen LogP contribution in [0.5, 0.6) is 0 Å². The van der Waals surface area contributed by atoms with Crippen LogP contribution < -0.4 is 0 Å². The van der Waals surface area contributed by atoms with Gasteiger partial charge < -0.3 is 9.22 Å². The van der Waals surface area contributed by atoms with E-state index >= 15 is 0 Å². The fourth-order valence-electron chi connectivity index (χ4n) is 1.74. The van der Waals surface area contributed by atoms with Crippen LogP contribution in [-0.2, 0) is 4.12 Å².